The predicted molar refractivity (Wildman–Crippen MR) is 129 cm³/mol. The second-order valence-corrected chi connectivity index (χ2v) is 8.66. The smallest absolute Gasteiger partial charge is 0.276 e. The van der Waals surface area contributed by atoms with Gasteiger partial charge in [-0.25, -0.2) is 4.68 Å². The van der Waals surface area contributed by atoms with E-state index in [9.17, 15) is 9.59 Å². The lowest BCUT2D eigenvalue weighted by Crippen LogP contribution is -2.32. The molecule has 0 amide bonds. The van der Waals surface area contributed by atoms with Crippen molar-refractivity contribution in [1.82, 2.24) is 14.3 Å². The fourth-order valence-electron chi connectivity index (χ4n) is 4.05. The molecule has 170 valence electrons. The van der Waals surface area contributed by atoms with Crippen molar-refractivity contribution in [3.8, 4) is 22.6 Å². The van der Waals surface area contributed by atoms with E-state index < -0.39 is 5.54 Å². The number of halogens is 1. The van der Waals surface area contributed by atoms with Crippen LogP contribution in [0.4, 0.5) is 0 Å². The highest BCUT2D eigenvalue weighted by Gasteiger charge is 2.28. The number of aryl methyl sites for hydroxylation is 1. The van der Waals surface area contributed by atoms with Gasteiger partial charge in [0.15, 0.2) is 6.29 Å². The zero-order valence-electron chi connectivity index (χ0n) is 19.0. The third-order valence-electron chi connectivity index (χ3n) is 5.97. The average molecular weight is 466 g/mol. The SMILES string of the molecule is COc1ccc(C(C)(C)n2ncc3c(-c4cc(Cl)c(C=O)c(OC)c4)cn(C)c(=O)c32)cc1. The molecule has 0 aliphatic rings. The predicted octanol–water partition coefficient (Wildman–Crippen LogP) is 4.67. The number of rotatable bonds is 6. The lowest BCUT2D eigenvalue weighted by molar-refractivity contribution is 0.112. The molecule has 0 radical (unpaired) electrons. The van der Waals surface area contributed by atoms with Crippen LogP contribution in [0.3, 0.4) is 0 Å². The number of aldehydes is 1. The summed E-state index contributed by atoms with van der Waals surface area (Å²) in [5.74, 6) is 1.11. The molecule has 0 N–H and O–H groups in total. The first-order chi connectivity index (χ1) is 15.7. The van der Waals surface area contributed by atoms with Gasteiger partial charge < -0.3 is 14.0 Å². The molecular formula is C25H24ClN3O4. The van der Waals surface area contributed by atoms with Crippen LogP contribution in [0.25, 0.3) is 22.0 Å². The Kier molecular flexibility index (Phi) is 5.76. The summed E-state index contributed by atoms with van der Waals surface area (Å²) in [4.78, 5) is 24.7. The normalized spacial score (nSPS) is 11.6. The number of methoxy groups -OCH3 is 2. The third-order valence-corrected chi connectivity index (χ3v) is 6.28. The molecule has 7 nitrogen and oxygen atoms in total. The molecule has 4 aromatic rings. The van der Waals surface area contributed by atoms with Crippen LogP contribution in [0.2, 0.25) is 5.02 Å². The van der Waals surface area contributed by atoms with Gasteiger partial charge >= 0.3 is 0 Å². The first kappa shape index (κ1) is 22.6. The second-order valence-electron chi connectivity index (χ2n) is 8.26. The minimum absolute atomic E-state index is 0.171. The number of carbonyl (C=O) groups is 1. The van der Waals surface area contributed by atoms with Crippen LogP contribution in [-0.2, 0) is 12.6 Å². The summed E-state index contributed by atoms with van der Waals surface area (Å²) in [5.41, 5.74) is 2.39. The highest BCUT2D eigenvalue weighted by atomic mass is 35.5. The number of hydrogen-bond donors (Lipinski definition) is 0. The summed E-state index contributed by atoms with van der Waals surface area (Å²) < 4.78 is 13.9. The van der Waals surface area contributed by atoms with Gasteiger partial charge in [0, 0.05) is 24.2 Å². The standard InChI is InChI=1S/C25H24ClN3O4/c1-25(2,16-6-8-17(32-4)9-7-16)29-23-18(12-27-29)19(13-28(3)24(23)31)15-10-21(26)20(14-30)22(11-15)33-5/h6-14H,1-5H3. The minimum Gasteiger partial charge on any atom is -0.497 e. The molecule has 0 aliphatic heterocycles. The number of nitrogens with zero attached hydrogens (tertiary/aromatic N) is 3. The maximum atomic E-state index is 13.2. The van der Waals surface area contributed by atoms with Crippen LogP contribution in [0, 0.1) is 0 Å². The zero-order chi connectivity index (χ0) is 23.9. The van der Waals surface area contributed by atoms with E-state index >= 15 is 0 Å². The molecular weight excluding hydrogens is 442 g/mol. The Labute approximate surface area is 196 Å². The Hall–Kier alpha value is -3.58. The Morgan fingerprint density at radius 1 is 1.09 bits per heavy atom. The van der Waals surface area contributed by atoms with Crippen molar-refractivity contribution < 1.29 is 14.3 Å². The van der Waals surface area contributed by atoms with E-state index in [0.717, 1.165) is 16.9 Å². The quantitative estimate of drug-likeness (QED) is 0.387. The van der Waals surface area contributed by atoms with Gasteiger partial charge in [-0.2, -0.15) is 5.10 Å². The summed E-state index contributed by atoms with van der Waals surface area (Å²) in [6, 6.07) is 11.1. The molecule has 0 saturated carbocycles. The maximum Gasteiger partial charge on any atom is 0.276 e. The molecule has 2 heterocycles. The number of ether oxygens (including phenoxy) is 2. The molecule has 0 bridgehead atoms. The van der Waals surface area contributed by atoms with Crippen molar-refractivity contribution in [2.45, 2.75) is 19.4 Å². The van der Waals surface area contributed by atoms with Crippen molar-refractivity contribution in [3.63, 3.8) is 0 Å². The number of benzene rings is 2. The molecule has 4 rings (SSSR count). The molecule has 33 heavy (non-hydrogen) atoms. The van der Waals surface area contributed by atoms with Crippen molar-refractivity contribution in [1.29, 1.82) is 0 Å². The van der Waals surface area contributed by atoms with E-state index in [1.807, 2.05) is 38.1 Å². The van der Waals surface area contributed by atoms with E-state index in [1.54, 1.807) is 43.4 Å². The molecule has 2 aromatic heterocycles. The van der Waals surface area contributed by atoms with Crippen LogP contribution in [-0.4, -0.2) is 34.9 Å². The molecule has 0 atom stereocenters. The highest BCUT2D eigenvalue weighted by molar-refractivity contribution is 6.33. The molecule has 0 spiro atoms. The van der Waals surface area contributed by atoms with Crippen molar-refractivity contribution in [2.24, 2.45) is 7.05 Å². The van der Waals surface area contributed by atoms with E-state index in [2.05, 4.69) is 5.10 Å². The third kappa shape index (κ3) is 3.68. The topological polar surface area (TPSA) is 75.4 Å². The lowest BCUT2D eigenvalue weighted by atomic mass is 9.94. The number of fused-ring (bicyclic) bond motifs is 1. The van der Waals surface area contributed by atoms with Crippen molar-refractivity contribution in [2.75, 3.05) is 14.2 Å². The van der Waals surface area contributed by atoms with Gasteiger partial charge in [-0.3, -0.25) is 9.59 Å². The molecule has 2 aromatic carbocycles. The Bertz CT molecular complexity index is 1420. The number of pyridine rings is 1. The zero-order valence-corrected chi connectivity index (χ0v) is 19.8. The monoisotopic (exact) mass is 465 g/mol. The fraction of sp³-hybridized carbons (Fsp3) is 0.240. The van der Waals surface area contributed by atoms with Gasteiger partial charge in [0.2, 0.25) is 0 Å². The fourth-order valence-corrected chi connectivity index (χ4v) is 4.30. The van der Waals surface area contributed by atoms with Gasteiger partial charge in [0.05, 0.1) is 36.5 Å². The van der Waals surface area contributed by atoms with E-state index in [1.165, 1.54) is 11.7 Å². The van der Waals surface area contributed by atoms with Crippen LogP contribution in [0.1, 0.15) is 29.8 Å². The first-order valence-electron chi connectivity index (χ1n) is 10.3. The van der Waals surface area contributed by atoms with Gasteiger partial charge in [-0.1, -0.05) is 23.7 Å². The lowest BCUT2D eigenvalue weighted by Gasteiger charge is -2.27. The second kappa shape index (κ2) is 8.41. The number of carbonyl (C=O) groups excluding carboxylic acids is 1. The summed E-state index contributed by atoms with van der Waals surface area (Å²) in [5, 5.41) is 5.57. The van der Waals surface area contributed by atoms with E-state index in [4.69, 9.17) is 21.1 Å². The Balaban J connectivity index is 1.97. The summed E-state index contributed by atoms with van der Waals surface area (Å²) in [6.07, 6.45) is 4.09. The maximum absolute atomic E-state index is 13.2. The Morgan fingerprint density at radius 3 is 2.39 bits per heavy atom. The van der Waals surface area contributed by atoms with E-state index in [0.29, 0.717) is 28.5 Å². The van der Waals surface area contributed by atoms with E-state index in [-0.39, 0.29) is 16.1 Å². The van der Waals surface area contributed by atoms with Crippen molar-refractivity contribution >= 4 is 28.8 Å². The summed E-state index contributed by atoms with van der Waals surface area (Å²) in [6.45, 7) is 4.01. The summed E-state index contributed by atoms with van der Waals surface area (Å²) in [7, 11) is 4.80. The van der Waals surface area contributed by atoms with Gasteiger partial charge in [0.25, 0.3) is 5.56 Å². The van der Waals surface area contributed by atoms with Crippen LogP contribution in [0.5, 0.6) is 11.5 Å². The number of hydrogen-bond acceptors (Lipinski definition) is 5. The highest BCUT2D eigenvalue weighted by Crippen LogP contribution is 2.36. The first-order valence-corrected chi connectivity index (χ1v) is 10.7. The van der Waals surface area contributed by atoms with Crippen LogP contribution < -0.4 is 15.0 Å². The average Bonchev–Trinajstić information content (AvgIpc) is 3.27. The van der Waals surface area contributed by atoms with Crippen molar-refractivity contribution in [3.05, 3.63) is 75.3 Å². The molecule has 0 unspecified atom stereocenters. The Morgan fingerprint density at radius 2 is 1.79 bits per heavy atom. The van der Waals surface area contributed by atoms with Crippen LogP contribution >= 0.6 is 11.6 Å². The van der Waals surface area contributed by atoms with Gasteiger partial charge in [-0.15, -0.1) is 0 Å². The molecule has 8 heteroatoms. The minimum atomic E-state index is -0.616. The molecule has 0 aliphatic carbocycles. The van der Waals surface area contributed by atoms with Gasteiger partial charge in [-0.05, 0) is 49.2 Å². The summed E-state index contributed by atoms with van der Waals surface area (Å²) >= 11 is 6.36. The van der Waals surface area contributed by atoms with Crippen LogP contribution in [0.15, 0.2) is 53.6 Å². The number of aromatic nitrogens is 3. The molecule has 0 fully saturated rings. The molecule has 0 saturated heterocycles. The van der Waals surface area contributed by atoms with Gasteiger partial charge in [0.1, 0.15) is 17.0 Å². The largest absolute Gasteiger partial charge is 0.497 e.